The molecule has 0 radical (unpaired) electrons. The SMILES string of the molecule is O=C(O)CCCCCCNC(=O)Cc1ccc2ccccc2c1. The first kappa shape index (κ1) is 17.0. The normalized spacial score (nSPS) is 10.6. The molecule has 1 amide bonds. The van der Waals surface area contributed by atoms with E-state index in [4.69, 9.17) is 5.11 Å². The molecule has 2 N–H and O–H groups in total. The third-order valence-electron chi connectivity index (χ3n) is 3.82. The number of aliphatic carboxylic acids is 1. The molecule has 23 heavy (non-hydrogen) atoms. The summed E-state index contributed by atoms with van der Waals surface area (Å²) in [5.41, 5.74) is 1.02. The van der Waals surface area contributed by atoms with Crippen molar-refractivity contribution in [3.63, 3.8) is 0 Å². The van der Waals surface area contributed by atoms with Gasteiger partial charge in [0, 0.05) is 13.0 Å². The van der Waals surface area contributed by atoms with Crippen LogP contribution in [0.1, 0.15) is 37.7 Å². The molecule has 2 rings (SSSR count). The molecule has 2 aromatic rings. The van der Waals surface area contributed by atoms with Crippen LogP contribution >= 0.6 is 0 Å². The lowest BCUT2D eigenvalue weighted by atomic mass is 10.0. The fourth-order valence-corrected chi connectivity index (χ4v) is 2.58. The molecule has 0 fully saturated rings. The smallest absolute Gasteiger partial charge is 0.303 e. The maximum Gasteiger partial charge on any atom is 0.303 e. The number of benzene rings is 2. The van der Waals surface area contributed by atoms with Crippen LogP contribution in [0.3, 0.4) is 0 Å². The Morgan fingerprint density at radius 2 is 1.65 bits per heavy atom. The summed E-state index contributed by atoms with van der Waals surface area (Å²) >= 11 is 0. The number of carbonyl (C=O) groups excluding carboxylic acids is 1. The summed E-state index contributed by atoms with van der Waals surface area (Å²) in [4.78, 5) is 22.3. The average molecular weight is 313 g/mol. The molecule has 0 aromatic heterocycles. The van der Waals surface area contributed by atoms with E-state index in [0.717, 1.165) is 30.2 Å². The number of fused-ring (bicyclic) bond motifs is 1. The number of hydrogen-bond donors (Lipinski definition) is 2. The van der Waals surface area contributed by atoms with Crippen molar-refractivity contribution in [3.8, 4) is 0 Å². The quantitative estimate of drug-likeness (QED) is 0.696. The Hall–Kier alpha value is -2.36. The van der Waals surface area contributed by atoms with E-state index in [1.54, 1.807) is 0 Å². The average Bonchev–Trinajstić information content (AvgIpc) is 2.53. The van der Waals surface area contributed by atoms with E-state index in [1.807, 2.05) is 30.3 Å². The molecule has 0 aliphatic rings. The lowest BCUT2D eigenvalue weighted by Crippen LogP contribution is -2.26. The second kappa shape index (κ2) is 8.93. The third kappa shape index (κ3) is 6.10. The van der Waals surface area contributed by atoms with Gasteiger partial charge in [-0.25, -0.2) is 0 Å². The zero-order chi connectivity index (χ0) is 16.5. The summed E-state index contributed by atoms with van der Waals surface area (Å²) in [7, 11) is 0. The Morgan fingerprint density at radius 3 is 2.43 bits per heavy atom. The van der Waals surface area contributed by atoms with Gasteiger partial charge in [0.2, 0.25) is 5.91 Å². The zero-order valence-electron chi connectivity index (χ0n) is 13.3. The number of hydrogen-bond acceptors (Lipinski definition) is 2. The standard InChI is InChI=1S/C19H23NO3/c21-18(20-12-6-2-1-3-9-19(22)23)14-15-10-11-16-7-4-5-8-17(16)13-15/h4-5,7-8,10-11,13H,1-3,6,9,12,14H2,(H,20,21)(H,22,23). The van der Waals surface area contributed by atoms with Crippen molar-refractivity contribution < 1.29 is 14.7 Å². The summed E-state index contributed by atoms with van der Waals surface area (Å²) in [5.74, 6) is -0.709. The lowest BCUT2D eigenvalue weighted by Gasteiger charge is -2.06. The van der Waals surface area contributed by atoms with Gasteiger partial charge in [-0.2, -0.15) is 0 Å². The first-order chi connectivity index (χ1) is 11.1. The van der Waals surface area contributed by atoms with Gasteiger partial charge in [-0.1, -0.05) is 55.3 Å². The van der Waals surface area contributed by atoms with Crippen LogP contribution in [0.4, 0.5) is 0 Å². The molecule has 0 atom stereocenters. The maximum absolute atomic E-state index is 11.9. The highest BCUT2D eigenvalue weighted by molar-refractivity contribution is 5.85. The van der Waals surface area contributed by atoms with Gasteiger partial charge < -0.3 is 10.4 Å². The van der Waals surface area contributed by atoms with Gasteiger partial charge in [0.25, 0.3) is 0 Å². The van der Waals surface area contributed by atoms with Crippen LogP contribution in [0.2, 0.25) is 0 Å². The molecule has 0 unspecified atom stereocenters. The summed E-state index contributed by atoms with van der Waals surface area (Å²) in [6, 6.07) is 14.2. The van der Waals surface area contributed by atoms with Crippen molar-refractivity contribution in [2.75, 3.05) is 6.54 Å². The molecule has 2 aromatic carbocycles. The maximum atomic E-state index is 11.9. The van der Waals surface area contributed by atoms with Gasteiger partial charge in [0.05, 0.1) is 6.42 Å². The Morgan fingerprint density at radius 1 is 0.913 bits per heavy atom. The van der Waals surface area contributed by atoms with Crippen molar-refractivity contribution in [1.82, 2.24) is 5.32 Å². The minimum Gasteiger partial charge on any atom is -0.481 e. The van der Waals surface area contributed by atoms with Crippen LogP contribution in [0.25, 0.3) is 10.8 Å². The first-order valence-corrected chi connectivity index (χ1v) is 8.11. The van der Waals surface area contributed by atoms with Gasteiger partial charge >= 0.3 is 5.97 Å². The van der Waals surface area contributed by atoms with E-state index < -0.39 is 5.97 Å². The van der Waals surface area contributed by atoms with Crippen LogP contribution in [0.5, 0.6) is 0 Å². The van der Waals surface area contributed by atoms with Crippen LogP contribution in [-0.4, -0.2) is 23.5 Å². The van der Waals surface area contributed by atoms with Crippen molar-refractivity contribution >= 4 is 22.6 Å². The summed E-state index contributed by atoms with van der Waals surface area (Å²) < 4.78 is 0. The minimum absolute atomic E-state index is 0.0332. The second-order valence-electron chi connectivity index (χ2n) is 5.77. The van der Waals surface area contributed by atoms with E-state index in [1.165, 1.54) is 5.39 Å². The van der Waals surface area contributed by atoms with Crippen LogP contribution < -0.4 is 5.32 Å². The predicted octanol–water partition coefficient (Wildman–Crippen LogP) is 3.53. The molecule has 0 heterocycles. The first-order valence-electron chi connectivity index (χ1n) is 8.11. The number of unbranched alkanes of at least 4 members (excludes halogenated alkanes) is 3. The molecule has 4 nitrogen and oxygen atoms in total. The van der Waals surface area contributed by atoms with Crippen molar-refractivity contribution in [1.29, 1.82) is 0 Å². The molecule has 0 bridgehead atoms. The Kier molecular flexibility index (Phi) is 6.60. The number of nitrogens with one attached hydrogen (secondary N) is 1. The van der Waals surface area contributed by atoms with Crippen LogP contribution in [0, 0.1) is 0 Å². The number of carboxylic acid groups (broad SMARTS) is 1. The van der Waals surface area contributed by atoms with Crippen molar-refractivity contribution in [2.24, 2.45) is 0 Å². The fourth-order valence-electron chi connectivity index (χ4n) is 2.58. The molecule has 0 aliphatic carbocycles. The molecule has 0 spiro atoms. The lowest BCUT2D eigenvalue weighted by molar-refractivity contribution is -0.137. The zero-order valence-corrected chi connectivity index (χ0v) is 13.3. The van der Waals surface area contributed by atoms with Gasteiger partial charge in [-0.05, 0) is 29.2 Å². The van der Waals surface area contributed by atoms with Gasteiger partial charge in [-0.15, -0.1) is 0 Å². The monoisotopic (exact) mass is 313 g/mol. The molecule has 122 valence electrons. The largest absolute Gasteiger partial charge is 0.481 e. The predicted molar refractivity (Wildman–Crippen MR) is 91.4 cm³/mol. The van der Waals surface area contributed by atoms with Gasteiger partial charge in [0.15, 0.2) is 0 Å². The van der Waals surface area contributed by atoms with E-state index >= 15 is 0 Å². The van der Waals surface area contributed by atoms with Crippen molar-refractivity contribution in [2.45, 2.75) is 38.5 Å². The second-order valence-corrected chi connectivity index (χ2v) is 5.77. The Bertz CT molecular complexity index is 666. The number of amides is 1. The molecule has 0 saturated heterocycles. The molecule has 4 heteroatoms. The summed E-state index contributed by atoms with van der Waals surface area (Å²) in [6.45, 7) is 0.652. The topological polar surface area (TPSA) is 66.4 Å². The minimum atomic E-state index is -0.742. The van der Waals surface area contributed by atoms with Gasteiger partial charge in [-0.3, -0.25) is 9.59 Å². The molecular weight excluding hydrogens is 290 g/mol. The number of carboxylic acids is 1. The van der Waals surface area contributed by atoms with Crippen LogP contribution in [-0.2, 0) is 16.0 Å². The summed E-state index contributed by atoms with van der Waals surface area (Å²) in [6.07, 6.45) is 4.07. The highest BCUT2D eigenvalue weighted by atomic mass is 16.4. The van der Waals surface area contributed by atoms with E-state index in [-0.39, 0.29) is 12.3 Å². The number of carbonyl (C=O) groups is 2. The Balaban J connectivity index is 1.67. The van der Waals surface area contributed by atoms with Crippen molar-refractivity contribution in [3.05, 3.63) is 48.0 Å². The highest BCUT2D eigenvalue weighted by Crippen LogP contribution is 2.15. The molecule has 0 aliphatic heterocycles. The molecular formula is C19H23NO3. The third-order valence-corrected chi connectivity index (χ3v) is 3.82. The van der Waals surface area contributed by atoms with Crippen LogP contribution in [0.15, 0.2) is 42.5 Å². The van der Waals surface area contributed by atoms with E-state index in [0.29, 0.717) is 19.4 Å². The molecule has 0 saturated carbocycles. The Labute approximate surface area is 136 Å². The number of rotatable bonds is 9. The van der Waals surface area contributed by atoms with Gasteiger partial charge in [0.1, 0.15) is 0 Å². The fraction of sp³-hybridized carbons (Fsp3) is 0.368. The van der Waals surface area contributed by atoms with E-state index in [2.05, 4.69) is 17.4 Å². The highest BCUT2D eigenvalue weighted by Gasteiger charge is 2.04. The summed E-state index contributed by atoms with van der Waals surface area (Å²) in [5, 5.41) is 13.8. The van der Waals surface area contributed by atoms with E-state index in [9.17, 15) is 9.59 Å².